The average Bonchev–Trinajstić information content (AvgIpc) is 3.02. The lowest BCUT2D eigenvalue weighted by Crippen LogP contribution is -2.37. The van der Waals surface area contributed by atoms with Crippen LogP contribution in [0.1, 0.15) is 27.9 Å². The summed E-state index contributed by atoms with van der Waals surface area (Å²) >= 11 is 0. The van der Waals surface area contributed by atoms with E-state index in [1.54, 1.807) is 37.3 Å². The van der Waals surface area contributed by atoms with E-state index in [9.17, 15) is 14.7 Å². The fraction of sp³-hybridized carbons (Fsp3) is 0.333. The number of benzene rings is 2. The van der Waals surface area contributed by atoms with Crippen LogP contribution in [0.4, 0.5) is 0 Å². The molecule has 0 spiro atoms. The molecule has 29 heavy (non-hydrogen) atoms. The molecule has 156 valence electrons. The number of amides is 2. The third-order valence-electron chi connectivity index (χ3n) is 4.80. The van der Waals surface area contributed by atoms with Crippen LogP contribution in [0.3, 0.4) is 0 Å². The van der Waals surface area contributed by atoms with Crippen LogP contribution < -0.4 is 14.8 Å². The maximum atomic E-state index is 12.5. The molecule has 2 aromatic rings. The summed E-state index contributed by atoms with van der Waals surface area (Å²) < 4.78 is 10.6. The van der Waals surface area contributed by atoms with Gasteiger partial charge >= 0.3 is 0 Å². The Kier molecular flexibility index (Phi) is 7.39. The zero-order valence-corrected chi connectivity index (χ0v) is 17.7. The lowest BCUT2D eigenvalue weighted by atomic mass is 10.1. The van der Waals surface area contributed by atoms with Gasteiger partial charge in [-0.1, -0.05) is 11.6 Å². The topological polar surface area (TPSA) is 88.1 Å². The second-order valence-corrected chi connectivity index (χ2v) is 6.85. The molecule has 0 radical (unpaired) electrons. The van der Waals surface area contributed by atoms with Crippen molar-refractivity contribution in [2.24, 2.45) is 0 Å². The summed E-state index contributed by atoms with van der Waals surface area (Å²) in [4.78, 5) is 26.6. The van der Waals surface area contributed by atoms with Crippen LogP contribution in [-0.2, 0) is 11.3 Å². The molecular formula is C21H26N2O5S. The molecule has 1 atom stereocenters. The summed E-state index contributed by atoms with van der Waals surface area (Å²) in [5.41, 5.74) is 1.95. The van der Waals surface area contributed by atoms with Crippen LogP contribution in [0.5, 0.6) is 17.2 Å². The van der Waals surface area contributed by atoms with Crippen molar-refractivity contribution in [1.82, 2.24) is 10.2 Å². The molecule has 0 saturated carbocycles. The van der Waals surface area contributed by atoms with Gasteiger partial charge in [-0.2, -0.15) is 13.5 Å². The molecule has 1 aliphatic heterocycles. The number of hydrogen-bond donors (Lipinski definition) is 2. The standard InChI is InChI=1S/C21H24N2O5.H2S/c1-13-4-7-18(24)17(8-13)21(26)22-15-9-20(25)23(12-15)11-14-5-6-16(27-2)10-19(14)28-3;/h4-8,10,15,24H,9,11-12H2,1-3H3,(H,22,26);1H2/t15-;/m0./s1. The van der Waals surface area contributed by atoms with Gasteiger partial charge in [-0.3, -0.25) is 9.59 Å². The smallest absolute Gasteiger partial charge is 0.255 e. The van der Waals surface area contributed by atoms with Gasteiger partial charge in [0.2, 0.25) is 5.91 Å². The molecule has 3 rings (SSSR count). The Bertz CT molecular complexity index is 903. The molecule has 1 fully saturated rings. The van der Waals surface area contributed by atoms with E-state index in [-0.39, 0.29) is 49.1 Å². The van der Waals surface area contributed by atoms with E-state index in [2.05, 4.69) is 5.32 Å². The van der Waals surface area contributed by atoms with Crippen LogP contribution in [0, 0.1) is 6.92 Å². The number of phenols is 1. The number of hydrogen-bond acceptors (Lipinski definition) is 5. The third kappa shape index (κ3) is 5.14. The van der Waals surface area contributed by atoms with Gasteiger partial charge in [0, 0.05) is 31.1 Å². The molecule has 1 saturated heterocycles. The largest absolute Gasteiger partial charge is 0.507 e. The second kappa shape index (κ2) is 9.56. The summed E-state index contributed by atoms with van der Waals surface area (Å²) in [7, 11) is 3.15. The molecule has 0 aliphatic carbocycles. The summed E-state index contributed by atoms with van der Waals surface area (Å²) in [6, 6.07) is 9.99. The van der Waals surface area contributed by atoms with Gasteiger partial charge in [0.05, 0.1) is 25.8 Å². The van der Waals surface area contributed by atoms with E-state index < -0.39 is 0 Å². The Balaban J connectivity index is 0.00000300. The number of likely N-dealkylation sites (tertiary alicyclic amines) is 1. The number of phenolic OH excluding ortho intramolecular Hbond substituents is 1. The summed E-state index contributed by atoms with van der Waals surface area (Å²) in [6.45, 7) is 2.62. The minimum absolute atomic E-state index is 0. The fourth-order valence-corrected chi connectivity index (χ4v) is 3.30. The van der Waals surface area contributed by atoms with Crippen LogP contribution in [0.2, 0.25) is 0 Å². The van der Waals surface area contributed by atoms with E-state index in [1.165, 1.54) is 6.07 Å². The van der Waals surface area contributed by atoms with Gasteiger partial charge in [0.15, 0.2) is 0 Å². The maximum Gasteiger partial charge on any atom is 0.255 e. The number of carbonyl (C=O) groups is 2. The molecule has 1 heterocycles. The molecule has 8 heteroatoms. The third-order valence-corrected chi connectivity index (χ3v) is 4.80. The highest BCUT2D eigenvalue weighted by Crippen LogP contribution is 2.27. The average molecular weight is 419 g/mol. The Morgan fingerprint density at radius 3 is 2.66 bits per heavy atom. The monoisotopic (exact) mass is 418 g/mol. The normalized spacial score (nSPS) is 15.6. The summed E-state index contributed by atoms with van der Waals surface area (Å²) in [5, 5.41) is 12.8. The van der Waals surface area contributed by atoms with Crippen molar-refractivity contribution in [3.63, 3.8) is 0 Å². The zero-order valence-electron chi connectivity index (χ0n) is 16.7. The van der Waals surface area contributed by atoms with Crippen molar-refractivity contribution >= 4 is 25.3 Å². The molecule has 0 bridgehead atoms. The molecule has 0 aromatic heterocycles. The van der Waals surface area contributed by atoms with Crippen LogP contribution >= 0.6 is 13.5 Å². The molecule has 2 aromatic carbocycles. The Hall–Kier alpha value is -2.87. The predicted molar refractivity (Wildman–Crippen MR) is 114 cm³/mol. The minimum Gasteiger partial charge on any atom is -0.507 e. The molecule has 1 aliphatic rings. The van der Waals surface area contributed by atoms with Crippen molar-refractivity contribution in [3.8, 4) is 17.2 Å². The summed E-state index contributed by atoms with van der Waals surface area (Å²) in [5.74, 6) is 0.813. The van der Waals surface area contributed by atoms with Crippen LogP contribution in [-0.4, -0.2) is 48.6 Å². The lowest BCUT2D eigenvalue weighted by Gasteiger charge is -2.19. The van der Waals surface area contributed by atoms with Gasteiger partial charge in [0.1, 0.15) is 17.2 Å². The second-order valence-electron chi connectivity index (χ2n) is 6.85. The lowest BCUT2D eigenvalue weighted by molar-refractivity contribution is -0.128. The van der Waals surface area contributed by atoms with Gasteiger partial charge in [-0.05, 0) is 31.2 Å². The molecule has 0 unspecified atom stereocenters. The zero-order chi connectivity index (χ0) is 20.3. The highest BCUT2D eigenvalue weighted by atomic mass is 32.1. The molecule has 7 nitrogen and oxygen atoms in total. The Morgan fingerprint density at radius 1 is 1.21 bits per heavy atom. The number of ether oxygens (including phenoxy) is 2. The van der Waals surface area contributed by atoms with Crippen molar-refractivity contribution in [2.75, 3.05) is 20.8 Å². The van der Waals surface area contributed by atoms with Crippen molar-refractivity contribution in [2.45, 2.75) is 25.9 Å². The van der Waals surface area contributed by atoms with Gasteiger partial charge in [-0.25, -0.2) is 0 Å². The number of aryl methyl sites for hydroxylation is 1. The highest BCUT2D eigenvalue weighted by Gasteiger charge is 2.31. The van der Waals surface area contributed by atoms with Crippen molar-refractivity contribution < 1.29 is 24.2 Å². The molecule has 2 N–H and O–H groups in total. The molecular weight excluding hydrogens is 392 g/mol. The van der Waals surface area contributed by atoms with Crippen LogP contribution in [0.25, 0.3) is 0 Å². The highest BCUT2D eigenvalue weighted by molar-refractivity contribution is 7.59. The first-order chi connectivity index (χ1) is 13.4. The van der Waals surface area contributed by atoms with Gasteiger partial charge < -0.3 is 24.8 Å². The van der Waals surface area contributed by atoms with Crippen LogP contribution in [0.15, 0.2) is 36.4 Å². The first-order valence-electron chi connectivity index (χ1n) is 9.00. The van der Waals surface area contributed by atoms with E-state index in [0.29, 0.717) is 24.6 Å². The van der Waals surface area contributed by atoms with Gasteiger partial charge in [-0.15, -0.1) is 0 Å². The SMILES string of the molecule is COc1ccc(CN2C[C@@H](NC(=O)c3cc(C)ccc3O)CC2=O)c(OC)c1.S. The van der Waals surface area contributed by atoms with E-state index in [1.807, 2.05) is 19.1 Å². The van der Waals surface area contributed by atoms with E-state index in [4.69, 9.17) is 9.47 Å². The first kappa shape index (κ1) is 22.4. The van der Waals surface area contributed by atoms with Gasteiger partial charge in [0.25, 0.3) is 5.91 Å². The van der Waals surface area contributed by atoms with E-state index in [0.717, 1.165) is 11.1 Å². The van der Waals surface area contributed by atoms with Crippen molar-refractivity contribution in [1.29, 1.82) is 0 Å². The maximum absolute atomic E-state index is 12.5. The summed E-state index contributed by atoms with van der Waals surface area (Å²) in [6.07, 6.45) is 0.219. The number of nitrogens with one attached hydrogen (secondary N) is 1. The molecule has 2 amide bonds. The number of nitrogens with zero attached hydrogens (tertiary/aromatic N) is 1. The van der Waals surface area contributed by atoms with Crippen molar-refractivity contribution in [3.05, 3.63) is 53.1 Å². The predicted octanol–water partition coefficient (Wildman–Crippen LogP) is 2.36. The fourth-order valence-electron chi connectivity index (χ4n) is 3.30. The number of carbonyl (C=O) groups excluding carboxylic acids is 2. The quantitative estimate of drug-likeness (QED) is 0.752. The van der Waals surface area contributed by atoms with E-state index >= 15 is 0 Å². The number of rotatable bonds is 6. The Morgan fingerprint density at radius 2 is 1.97 bits per heavy atom. The first-order valence-corrected chi connectivity index (χ1v) is 9.00. The minimum atomic E-state index is -0.386. The number of methoxy groups -OCH3 is 2. The Labute approximate surface area is 177 Å². The number of aromatic hydroxyl groups is 1.